The van der Waals surface area contributed by atoms with Crippen molar-refractivity contribution in [3.63, 3.8) is 0 Å². The highest BCUT2D eigenvalue weighted by molar-refractivity contribution is 5.92. The largest absolute Gasteiger partial charge is 0.350 e. The Morgan fingerprint density at radius 1 is 1.24 bits per heavy atom. The summed E-state index contributed by atoms with van der Waals surface area (Å²) in [7, 11) is 0. The number of rotatable bonds is 4. The fraction of sp³-hybridized carbons (Fsp3) is 0.450. The molecule has 1 aliphatic rings. The van der Waals surface area contributed by atoms with E-state index in [1.165, 1.54) is 12.0 Å². The molecule has 1 atom stereocenters. The summed E-state index contributed by atoms with van der Waals surface area (Å²) in [6, 6.07) is 10.1. The maximum Gasteiger partial charge on any atom is 0.272 e. The average Bonchev–Trinajstić information content (AvgIpc) is 2.60. The molecule has 0 aliphatic carbocycles. The third-order valence-corrected chi connectivity index (χ3v) is 4.59. The average molecular weight is 338 g/mol. The van der Waals surface area contributed by atoms with Crippen LogP contribution in [-0.4, -0.2) is 33.9 Å². The van der Waals surface area contributed by atoms with Crippen LogP contribution >= 0.6 is 0 Å². The van der Waals surface area contributed by atoms with Crippen LogP contribution in [0.25, 0.3) is 0 Å². The number of carbonyl (C=O) groups excluding carboxylic acids is 1. The summed E-state index contributed by atoms with van der Waals surface area (Å²) < 4.78 is 0. The molecule has 25 heavy (non-hydrogen) atoms. The maximum atomic E-state index is 12.8. The number of anilines is 1. The lowest BCUT2D eigenvalue weighted by atomic mass is 10.00. The molecule has 5 heteroatoms. The number of nitrogens with zero attached hydrogens (tertiary/aromatic N) is 3. The van der Waals surface area contributed by atoms with Crippen molar-refractivity contribution < 1.29 is 4.79 Å². The summed E-state index contributed by atoms with van der Waals surface area (Å²) in [6.45, 7) is 8.43. The number of benzene rings is 1. The number of aryl methyl sites for hydroxylation is 2. The van der Waals surface area contributed by atoms with Gasteiger partial charge in [-0.05, 0) is 44.2 Å². The number of likely N-dealkylation sites (tertiary alicyclic amines) is 1. The summed E-state index contributed by atoms with van der Waals surface area (Å²) in [4.78, 5) is 23.6. The Bertz CT molecular complexity index is 742. The van der Waals surface area contributed by atoms with Crippen molar-refractivity contribution >= 4 is 11.9 Å². The monoisotopic (exact) mass is 338 g/mol. The summed E-state index contributed by atoms with van der Waals surface area (Å²) in [5.41, 5.74) is 3.68. The molecule has 0 radical (unpaired) electrons. The molecule has 1 saturated heterocycles. The van der Waals surface area contributed by atoms with Crippen LogP contribution in [-0.2, 0) is 6.54 Å². The second-order valence-corrected chi connectivity index (χ2v) is 7.06. The van der Waals surface area contributed by atoms with Gasteiger partial charge >= 0.3 is 0 Å². The van der Waals surface area contributed by atoms with Crippen molar-refractivity contribution in [2.75, 3.05) is 18.4 Å². The van der Waals surface area contributed by atoms with Crippen molar-refractivity contribution in [2.45, 2.75) is 40.2 Å². The summed E-state index contributed by atoms with van der Waals surface area (Å²) in [5, 5.41) is 3.24. The van der Waals surface area contributed by atoms with E-state index in [1.54, 1.807) is 6.07 Å². The van der Waals surface area contributed by atoms with Gasteiger partial charge in [-0.1, -0.05) is 36.8 Å². The van der Waals surface area contributed by atoms with E-state index in [4.69, 9.17) is 0 Å². The van der Waals surface area contributed by atoms with E-state index in [9.17, 15) is 4.79 Å². The molecule has 1 aromatic heterocycles. The highest BCUT2D eigenvalue weighted by Crippen LogP contribution is 2.18. The number of aromatic nitrogens is 2. The van der Waals surface area contributed by atoms with E-state index in [2.05, 4.69) is 53.4 Å². The lowest BCUT2D eigenvalue weighted by Gasteiger charge is -2.30. The van der Waals surface area contributed by atoms with Gasteiger partial charge in [0.25, 0.3) is 5.91 Å². The molecule has 0 spiro atoms. The molecule has 132 valence electrons. The Morgan fingerprint density at radius 2 is 2.00 bits per heavy atom. The van der Waals surface area contributed by atoms with Crippen LogP contribution in [0.4, 0.5) is 5.95 Å². The Kier molecular flexibility index (Phi) is 5.31. The molecule has 1 aromatic carbocycles. The molecule has 1 aliphatic heterocycles. The number of piperidine rings is 1. The Hall–Kier alpha value is -2.43. The summed E-state index contributed by atoms with van der Waals surface area (Å²) in [6.07, 6.45) is 2.26. The zero-order chi connectivity index (χ0) is 17.8. The quantitative estimate of drug-likeness (QED) is 0.926. The molecule has 1 unspecified atom stereocenters. The highest BCUT2D eigenvalue weighted by atomic mass is 16.2. The van der Waals surface area contributed by atoms with Crippen LogP contribution in [0.15, 0.2) is 30.3 Å². The van der Waals surface area contributed by atoms with Crippen molar-refractivity contribution in [1.29, 1.82) is 0 Å². The van der Waals surface area contributed by atoms with Gasteiger partial charge in [0, 0.05) is 25.3 Å². The molecule has 2 aromatic rings. The van der Waals surface area contributed by atoms with E-state index in [-0.39, 0.29) is 5.91 Å². The van der Waals surface area contributed by atoms with Gasteiger partial charge in [-0.2, -0.15) is 0 Å². The first-order valence-corrected chi connectivity index (χ1v) is 8.95. The van der Waals surface area contributed by atoms with Gasteiger partial charge in [0.2, 0.25) is 5.95 Å². The van der Waals surface area contributed by atoms with Gasteiger partial charge in [-0.15, -0.1) is 0 Å². The van der Waals surface area contributed by atoms with Gasteiger partial charge in [-0.3, -0.25) is 4.79 Å². The molecular formula is C20H26N4O. The zero-order valence-electron chi connectivity index (χ0n) is 15.2. The van der Waals surface area contributed by atoms with E-state index in [0.29, 0.717) is 24.1 Å². The number of hydrogen-bond acceptors (Lipinski definition) is 4. The summed E-state index contributed by atoms with van der Waals surface area (Å²) >= 11 is 0. The van der Waals surface area contributed by atoms with Crippen LogP contribution < -0.4 is 5.32 Å². The fourth-order valence-electron chi connectivity index (χ4n) is 3.18. The summed E-state index contributed by atoms with van der Waals surface area (Å²) in [5.74, 6) is 1.07. The molecule has 2 heterocycles. The third-order valence-electron chi connectivity index (χ3n) is 4.59. The van der Waals surface area contributed by atoms with Gasteiger partial charge in [-0.25, -0.2) is 9.97 Å². The molecule has 5 nitrogen and oxygen atoms in total. The minimum atomic E-state index is 0.00966. The second kappa shape index (κ2) is 7.64. The van der Waals surface area contributed by atoms with E-state index in [1.807, 2.05) is 11.8 Å². The second-order valence-electron chi connectivity index (χ2n) is 7.06. The van der Waals surface area contributed by atoms with Gasteiger partial charge < -0.3 is 10.2 Å². The third kappa shape index (κ3) is 4.56. The Morgan fingerprint density at radius 3 is 2.72 bits per heavy atom. The van der Waals surface area contributed by atoms with Crippen LogP contribution in [0, 0.1) is 19.8 Å². The molecule has 1 N–H and O–H groups in total. The van der Waals surface area contributed by atoms with Crippen LogP contribution in [0.3, 0.4) is 0 Å². The van der Waals surface area contributed by atoms with Gasteiger partial charge in [0.05, 0.1) is 0 Å². The number of carbonyl (C=O) groups is 1. The first-order valence-electron chi connectivity index (χ1n) is 8.95. The zero-order valence-corrected chi connectivity index (χ0v) is 15.2. The number of nitrogens with one attached hydrogen (secondary N) is 1. The maximum absolute atomic E-state index is 12.8. The van der Waals surface area contributed by atoms with E-state index >= 15 is 0 Å². The first kappa shape index (κ1) is 17.4. The first-order chi connectivity index (χ1) is 12.0. The number of hydrogen-bond donors (Lipinski definition) is 1. The van der Waals surface area contributed by atoms with Crippen molar-refractivity contribution in [3.05, 3.63) is 52.8 Å². The van der Waals surface area contributed by atoms with Crippen molar-refractivity contribution in [1.82, 2.24) is 14.9 Å². The fourth-order valence-corrected chi connectivity index (χ4v) is 3.18. The van der Waals surface area contributed by atoms with Crippen molar-refractivity contribution in [2.24, 2.45) is 5.92 Å². The van der Waals surface area contributed by atoms with E-state index in [0.717, 1.165) is 30.8 Å². The SMILES string of the molecule is Cc1ccc(CNc2nc(C)cc(C(=O)N3CCCC(C)C3)n2)cc1. The molecule has 0 bridgehead atoms. The molecule has 1 fully saturated rings. The Labute approximate surface area is 149 Å². The lowest BCUT2D eigenvalue weighted by molar-refractivity contribution is 0.0677. The standard InChI is InChI=1S/C20H26N4O/c1-14-6-8-17(9-7-14)12-21-20-22-16(3)11-18(23-20)19(25)24-10-4-5-15(2)13-24/h6-9,11,15H,4-5,10,12-13H2,1-3H3,(H,21,22,23). The minimum Gasteiger partial charge on any atom is -0.350 e. The molecular weight excluding hydrogens is 312 g/mol. The normalized spacial score (nSPS) is 17.4. The predicted molar refractivity (Wildman–Crippen MR) is 99.6 cm³/mol. The molecule has 1 amide bonds. The highest BCUT2D eigenvalue weighted by Gasteiger charge is 2.23. The van der Waals surface area contributed by atoms with Crippen LogP contribution in [0.1, 0.15) is 47.1 Å². The minimum absolute atomic E-state index is 0.00966. The predicted octanol–water partition coefficient (Wildman–Crippen LogP) is 3.58. The van der Waals surface area contributed by atoms with E-state index < -0.39 is 0 Å². The molecule has 3 rings (SSSR count). The number of amides is 1. The Balaban J connectivity index is 1.71. The van der Waals surface area contributed by atoms with Crippen LogP contribution in [0.5, 0.6) is 0 Å². The van der Waals surface area contributed by atoms with Gasteiger partial charge in [0.1, 0.15) is 5.69 Å². The van der Waals surface area contributed by atoms with Crippen LogP contribution in [0.2, 0.25) is 0 Å². The lowest BCUT2D eigenvalue weighted by Crippen LogP contribution is -2.39. The smallest absolute Gasteiger partial charge is 0.272 e. The molecule has 0 saturated carbocycles. The topological polar surface area (TPSA) is 58.1 Å². The van der Waals surface area contributed by atoms with Crippen molar-refractivity contribution in [3.8, 4) is 0 Å². The van der Waals surface area contributed by atoms with Gasteiger partial charge in [0.15, 0.2) is 0 Å².